The van der Waals surface area contributed by atoms with Gasteiger partial charge in [-0.25, -0.2) is 0 Å². The fourth-order valence-electron chi connectivity index (χ4n) is 1.47. The predicted octanol–water partition coefficient (Wildman–Crippen LogP) is 3.09. The number of hydrogen-bond donors (Lipinski definition) is 0. The summed E-state index contributed by atoms with van der Waals surface area (Å²) in [6, 6.07) is 6.05. The van der Waals surface area contributed by atoms with Gasteiger partial charge in [-0.05, 0) is 24.6 Å². The van der Waals surface area contributed by atoms with Crippen LogP contribution in [0.5, 0.6) is 11.5 Å². The van der Waals surface area contributed by atoms with Crippen molar-refractivity contribution in [3.8, 4) is 11.5 Å². The normalized spacial score (nSPS) is 15.3. The molecule has 0 aromatic heterocycles. The molecular weight excluding hydrogens is 176 g/mol. The average Bonchev–Trinajstić information content (AvgIpc) is 2.62. The third-order valence-electron chi connectivity index (χ3n) is 2.64. The first-order chi connectivity index (χ1) is 6.68. The zero-order chi connectivity index (χ0) is 10.1. The standard InChI is InChI=1S/C12H14O2/c1-8(2)9(3)10-4-5-11-12(6-10)14-7-13-11/h4-6,9H,1,7H2,2-3H3/t9-/m1/s1. The van der Waals surface area contributed by atoms with Crippen molar-refractivity contribution in [2.45, 2.75) is 19.8 Å². The molecule has 1 aromatic carbocycles. The van der Waals surface area contributed by atoms with E-state index in [1.807, 2.05) is 19.1 Å². The molecule has 0 spiro atoms. The molecule has 1 heterocycles. The molecule has 2 heteroatoms. The monoisotopic (exact) mass is 190 g/mol. The number of rotatable bonds is 2. The Morgan fingerprint density at radius 2 is 2.07 bits per heavy atom. The molecule has 1 aromatic rings. The lowest BCUT2D eigenvalue weighted by Gasteiger charge is -2.11. The summed E-state index contributed by atoms with van der Waals surface area (Å²) >= 11 is 0. The largest absolute Gasteiger partial charge is 0.454 e. The lowest BCUT2D eigenvalue weighted by Crippen LogP contribution is -1.94. The van der Waals surface area contributed by atoms with Crippen LogP contribution in [0.4, 0.5) is 0 Å². The summed E-state index contributed by atoms with van der Waals surface area (Å²) in [7, 11) is 0. The van der Waals surface area contributed by atoms with E-state index < -0.39 is 0 Å². The third-order valence-corrected chi connectivity index (χ3v) is 2.64. The van der Waals surface area contributed by atoms with Crippen molar-refractivity contribution >= 4 is 0 Å². The Balaban J connectivity index is 2.33. The first-order valence-corrected chi connectivity index (χ1v) is 4.73. The fourth-order valence-corrected chi connectivity index (χ4v) is 1.47. The van der Waals surface area contributed by atoms with Crippen LogP contribution in [0.25, 0.3) is 0 Å². The molecule has 0 saturated heterocycles. The SMILES string of the molecule is C=C(C)[C@@H](C)c1ccc2c(c1)OCO2. The van der Waals surface area contributed by atoms with E-state index in [0.717, 1.165) is 17.1 Å². The zero-order valence-corrected chi connectivity index (χ0v) is 8.54. The van der Waals surface area contributed by atoms with Crippen LogP contribution >= 0.6 is 0 Å². The van der Waals surface area contributed by atoms with Gasteiger partial charge in [-0.3, -0.25) is 0 Å². The molecule has 0 aliphatic carbocycles. The van der Waals surface area contributed by atoms with Crippen LogP contribution in [0.3, 0.4) is 0 Å². The van der Waals surface area contributed by atoms with Gasteiger partial charge in [0.05, 0.1) is 0 Å². The molecule has 0 unspecified atom stereocenters. The summed E-state index contributed by atoms with van der Waals surface area (Å²) in [5.41, 5.74) is 2.38. The highest BCUT2D eigenvalue weighted by atomic mass is 16.7. The Hall–Kier alpha value is -1.44. The number of hydrogen-bond acceptors (Lipinski definition) is 2. The summed E-state index contributed by atoms with van der Waals surface area (Å²) in [6.45, 7) is 8.46. The van der Waals surface area contributed by atoms with E-state index in [4.69, 9.17) is 9.47 Å². The molecule has 14 heavy (non-hydrogen) atoms. The van der Waals surface area contributed by atoms with E-state index in [-0.39, 0.29) is 0 Å². The van der Waals surface area contributed by atoms with E-state index in [1.54, 1.807) is 0 Å². The second-order valence-electron chi connectivity index (χ2n) is 3.68. The molecule has 0 radical (unpaired) electrons. The van der Waals surface area contributed by atoms with Crippen molar-refractivity contribution < 1.29 is 9.47 Å². The van der Waals surface area contributed by atoms with Crippen LogP contribution in [0.15, 0.2) is 30.4 Å². The van der Waals surface area contributed by atoms with E-state index >= 15 is 0 Å². The van der Waals surface area contributed by atoms with Crippen LogP contribution in [0, 0.1) is 0 Å². The van der Waals surface area contributed by atoms with E-state index in [2.05, 4.69) is 19.6 Å². The Labute approximate surface area is 84.2 Å². The summed E-state index contributed by atoms with van der Waals surface area (Å²) in [5, 5.41) is 0. The van der Waals surface area contributed by atoms with Crippen LogP contribution in [0.2, 0.25) is 0 Å². The van der Waals surface area contributed by atoms with Crippen molar-refractivity contribution in [3.05, 3.63) is 35.9 Å². The summed E-state index contributed by atoms with van der Waals surface area (Å²) in [4.78, 5) is 0. The van der Waals surface area contributed by atoms with Gasteiger partial charge in [0.15, 0.2) is 11.5 Å². The molecule has 0 saturated carbocycles. The highest BCUT2D eigenvalue weighted by Gasteiger charge is 2.15. The van der Waals surface area contributed by atoms with Gasteiger partial charge in [0.1, 0.15) is 0 Å². The van der Waals surface area contributed by atoms with Crippen molar-refractivity contribution in [2.24, 2.45) is 0 Å². The van der Waals surface area contributed by atoms with Crippen LogP contribution in [-0.4, -0.2) is 6.79 Å². The molecule has 0 fully saturated rings. The van der Waals surface area contributed by atoms with Crippen molar-refractivity contribution in [1.29, 1.82) is 0 Å². The summed E-state index contributed by atoms with van der Waals surface area (Å²) < 4.78 is 10.6. The summed E-state index contributed by atoms with van der Waals surface area (Å²) in [5.74, 6) is 2.04. The molecule has 0 bridgehead atoms. The van der Waals surface area contributed by atoms with Gasteiger partial charge in [0.2, 0.25) is 6.79 Å². The van der Waals surface area contributed by atoms with Crippen molar-refractivity contribution in [2.75, 3.05) is 6.79 Å². The van der Waals surface area contributed by atoms with Gasteiger partial charge in [-0.2, -0.15) is 0 Å². The Kier molecular flexibility index (Phi) is 2.20. The van der Waals surface area contributed by atoms with Gasteiger partial charge in [-0.15, -0.1) is 0 Å². The van der Waals surface area contributed by atoms with Gasteiger partial charge in [0, 0.05) is 5.92 Å². The second-order valence-corrected chi connectivity index (χ2v) is 3.68. The van der Waals surface area contributed by atoms with Crippen molar-refractivity contribution in [3.63, 3.8) is 0 Å². The van der Waals surface area contributed by atoms with Crippen LogP contribution < -0.4 is 9.47 Å². The van der Waals surface area contributed by atoms with E-state index in [9.17, 15) is 0 Å². The number of ether oxygens (including phenoxy) is 2. The maximum Gasteiger partial charge on any atom is 0.231 e. The quantitative estimate of drug-likeness (QED) is 0.667. The third kappa shape index (κ3) is 1.48. The molecule has 0 amide bonds. The van der Waals surface area contributed by atoms with Gasteiger partial charge in [-0.1, -0.05) is 25.1 Å². The van der Waals surface area contributed by atoms with Gasteiger partial charge < -0.3 is 9.47 Å². The van der Waals surface area contributed by atoms with Crippen LogP contribution in [-0.2, 0) is 0 Å². The molecule has 1 aliphatic rings. The van der Waals surface area contributed by atoms with E-state index in [1.165, 1.54) is 5.56 Å². The Morgan fingerprint density at radius 1 is 1.36 bits per heavy atom. The number of allylic oxidation sites excluding steroid dienone is 1. The second kappa shape index (κ2) is 3.37. The maximum atomic E-state index is 5.32. The molecule has 2 nitrogen and oxygen atoms in total. The summed E-state index contributed by atoms with van der Waals surface area (Å²) in [6.07, 6.45) is 0. The van der Waals surface area contributed by atoms with E-state index in [0.29, 0.717) is 12.7 Å². The zero-order valence-electron chi connectivity index (χ0n) is 8.54. The van der Waals surface area contributed by atoms with Crippen molar-refractivity contribution in [1.82, 2.24) is 0 Å². The molecule has 1 aliphatic heterocycles. The Bertz CT molecular complexity index is 369. The average molecular weight is 190 g/mol. The maximum absolute atomic E-state index is 5.32. The number of fused-ring (bicyclic) bond motifs is 1. The number of benzene rings is 1. The molecule has 0 N–H and O–H groups in total. The molecule has 1 atom stereocenters. The minimum absolute atomic E-state index is 0.334. The molecule has 74 valence electrons. The molecule has 2 rings (SSSR count). The molecular formula is C12H14O2. The smallest absolute Gasteiger partial charge is 0.231 e. The topological polar surface area (TPSA) is 18.5 Å². The minimum atomic E-state index is 0.334. The highest BCUT2D eigenvalue weighted by molar-refractivity contribution is 5.46. The highest BCUT2D eigenvalue weighted by Crippen LogP contribution is 2.35. The first kappa shape index (κ1) is 9.13. The minimum Gasteiger partial charge on any atom is -0.454 e. The first-order valence-electron chi connectivity index (χ1n) is 4.73. The lowest BCUT2D eigenvalue weighted by atomic mass is 9.95. The fraction of sp³-hybridized carbons (Fsp3) is 0.333. The van der Waals surface area contributed by atoms with Gasteiger partial charge in [0.25, 0.3) is 0 Å². The van der Waals surface area contributed by atoms with Gasteiger partial charge >= 0.3 is 0 Å². The predicted molar refractivity (Wildman–Crippen MR) is 55.8 cm³/mol. The Morgan fingerprint density at radius 3 is 2.79 bits per heavy atom. The van der Waals surface area contributed by atoms with Crippen LogP contribution in [0.1, 0.15) is 25.3 Å². The lowest BCUT2D eigenvalue weighted by molar-refractivity contribution is 0.174.